The molecular weight excluding hydrogens is 418 g/mol. The first-order valence-electron chi connectivity index (χ1n) is 9.89. The molecule has 10 nitrogen and oxygen atoms in total. The number of carbonyl (C=O) groups is 3. The number of hydrogen-bond donors (Lipinski definition) is 2. The Bertz CT molecular complexity index is 991. The van der Waals surface area contributed by atoms with Crippen LogP contribution in [0, 0.1) is 0 Å². The van der Waals surface area contributed by atoms with Gasteiger partial charge in [-0.25, -0.2) is 0 Å². The molecule has 1 saturated heterocycles. The lowest BCUT2D eigenvalue weighted by Crippen LogP contribution is -2.50. The van der Waals surface area contributed by atoms with E-state index in [1.807, 2.05) is 0 Å². The van der Waals surface area contributed by atoms with E-state index in [2.05, 4.69) is 0 Å². The minimum Gasteiger partial charge on any atom is -0.507 e. The quantitative estimate of drug-likeness (QED) is 0.649. The zero-order valence-electron chi connectivity index (χ0n) is 17.9. The maximum atomic E-state index is 13.1. The first-order chi connectivity index (χ1) is 15.3. The molecule has 0 spiro atoms. The Hall–Kier alpha value is -3.95. The molecule has 1 heterocycles. The van der Waals surface area contributed by atoms with Crippen LogP contribution < -0.4 is 19.9 Å². The molecular formula is C22H25N3O7. The first kappa shape index (κ1) is 22.7. The number of primary amides is 1. The van der Waals surface area contributed by atoms with Crippen LogP contribution in [0.4, 0.5) is 0 Å². The fourth-order valence-corrected chi connectivity index (χ4v) is 3.41. The standard InChI is InChI=1S/C22H25N3O7/c1-30-17-11-14(12-18(31-2)20(17)32-13-19(23)27)21(28)24-7-9-25(10-8-24)22(29)15-5-3-4-6-16(15)26/h3-6,11-12,26H,7-10,13H2,1-2H3,(H2,23,27). The second kappa shape index (κ2) is 9.90. The van der Waals surface area contributed by atoms with E-state index < -0.39 is 5.91 Å². The third-order valence-corrected chi connectivity index (χ3v) is 5.05. The average Bonchev–Trinajstić information content (AvgIpc) is 2.81. The lowest BCUT2D eigenvalue weighted by atomic mass is 10.1. The van der Waals surface area contributed by atoms with E-state index in [-0.39, 0.29) is 47.0 Å². The van der Waals surface area contributed by atoms with Gasteiger partial charge in [-0.15, -0.1) is 0 Å². The van der Waals surface area contributed by atoms with Crippen molar-refractivity contribution in [2.75, 3.05) is 47.0 Å². The van der Waals surface area contributed by atoms with Gasteiger partial charge in [-0.3, -0.25) is 14.4 Å². The molecule has 1 aliphatic rings. The largest absolute Gasteiger partial charge is 0.507 e. The van der Waals surface area contributed by atoms with Crippen molar-refractivity contribution < 1.29 is 33.7 Å². The molecule has 32 heavy (non-hydrogen) atoms. The smallest absolute Gasteiger partial charge is 0.257 e. The van der Waals surface area contributed by atoms with Crippen molar-refractivity contribution in [1.29, 1.82) is 0 Å². The van der Waals surface area contributed by atoms with Crippen molar-refractivity contribution in [3.8, 4) is 23.0 Å². The van der Waals surface area contributed by atoms with Crippen LogP contribution in [-0.2, 0) is 4.79 Å². The number of ether oxygens (including phenoxy) is 3. The van der Waals surface area contributed by atoms with Crippen LogP contribution in [0.15, 0.2) is 36.4 Å². The highest BCUT2D eigenvalue weighted by atomic mass is 16.5. The fraction of sp³-hybridized carbons (Fsp3) is 0.318. The molecule has 0 aromatic heterocycles. The van der Waals surface area contributed by atoms with E-state index in [0.29, 0.717) is 31.7 Å². The maximum absolute atomic E-state index is 13.1. The summed E-state index contributed by atoms with van der Waals surface area (Å²) in [6.45, 7) is 0.929. The number of piperazine rings is 1. The molecule has 2 aromatic carbocycles. The van der Waals surface area contributed by atoms with Crippen molar-refractivity contribution in [3.05, 3.63) is 47.5 Å². The topological polar surface area (TPSA) is 132 Å². The Kier molecular flexibility index (Phi) is 7.04. The molecule has 2 aromatic rings. The molecule has 170 valence electrons. The molecule has 10 heteroatoms. The highest BCUT2D eigenvalue weighted by molar-refractivity contribution is 5.98. The molecule has 0 unspecified atom stereocenters. The summed E-state index contributed by atoms with van der Waals surface area (Å²) in [7, 11) is 2.81. The normalized spacial score (nSPS) is 13.4. The van der Waals surface area contributed by atoms with Gasteiger partial charge in [-0.05, 0) is 24.3 Å². The summed E-state index contributed by atoms with van der Waals surface area (Å²) in [6.07, 6.45) is 0. The number of nitrogens with zero attached hydrogens (tertiary/aromatic N) is 2. The predicted octanol–water partition coefficient (Wildman–Crippen LogP) is 0.872. The number of methoxy groups -OCH3 is 2. The Balaban J connectivity index is 1.72. The molecule has 0 saturated carbocycles. The van der Waals surface area contributed by atoms with Crippen LogP contribution in [0.2, 0.25) is 0 Å². The van der Waals surface area contributed by atoms with Gasteiger partial charge in [-0.2, -0.15) is 0 Å². The fourth-order valence-electron chi connectivity index (χ4n) is 3.41. The molecule has 0 aliphatic carbocycles. The van der Waals surface area contributed by atoms with Gasteiger partial charge in [0.2, 0.25) is 5.75 Å². The molecule has 3 rings (SSSR count). The van der Waals surface area contributed by atoms with E-state index in [4.69, 9.17) is 19.9 Å². The van der Waals surface area contributed by atoms with Crippen LogP contribution in [0.5, 0.6) is 23.0 Å². The average molecular weight is 443 g/mol. The van der Waals surface area contributed by atoms with Gasteiger partial charge in [0.25, 0.3) is 17.7 Å². The van der Waals surface area contributed by atoms with Gasteiger partial charge < -0.3 is 34.9 Å². The Labute approximate surface area is 185 Å². The predicted molar refractivity (Wildman–Crippen MR) is 114 cm³/mol. The van der Waals surface area contributed by atoms with Crippen LogP contribution in [-0.4, -0.2) is 79.6 Å². The summed E-state index contributed by atoms with van der Waals surface area (Å²) in [5.41, 5.74) is 5.67. The molecule has 1 aliphatic heterocycles. The molecule has 1 fully saturated rings. The summed E-state index contributed by atoms with van der Waals surface area (Å²) in [4.78, 5) is 40.0. The zero-order valence-corrected chi connectivity index (χ0v) is 17.9. The molecule has 0 bridgehead atoms. The molecule has 3 amide bonds. The number of aromatic hydroxyl groups is 1. The third kappa shape index (κ3) is 4.85. The van der Waals surface area contributed by atoms with E-state index in [1.165, 1.54) is 32.4 Å². The lowest BCUT2D eigenvalue weighted by molar-refractivity contribution is -0.120. The number of phenolic OH excluding ortho intramolecular Hbond substituents is 1. The Morgan fingerprint density at radius 1 is 0.938 bits per heavy atom. The minimum absolute atomic E-state index is 0.0751. The number of carbonyl (C=O) groups excluding carboxylic acids is 3. The number of nitrogens with two attached hydrogens (primary N) is 1. The minimum atomic E-state index is -0.662. The van der Waals surface area contributed by atoms with Gasteiger partial charge in [0.05, 0.1) is 19.8 Å². The van der Waals surface area contributed by atoms with Gasteiger partial charge in [0.15, 0.2) is 18.1 Å². The summed E-state index contributed by atoms with van der Waals surface area (Å²) in [5.74, 6) is -0.667. The van der Waals surface area contributed by atoms with Crippen molar-refractivity contribution in [2.45, 2.75) is 0 Å². The van der Waals surface area contributed by atoms with Crippen LogP contribution >= 0.6 is 0 Å². The van der Waals surface area contributed by atoms with Gasteiger partial charge in [0, 0.05) is 31.7 Å². The summed E-state index contributed by atoms with van der Waals surface area (Å²) in [6, 6.07) is 9.36. The van der Waals surface area contributed by atoms with Crippen molar-refractivity contribution in [1.82, 2.24) is 9.80 Å². The molecule has 0 atom stereocenters. The van der Waals surface area contributed by atoms with E-state index >= 15 is 0 Å². The lowest BCUT2D eigenvalue weighted by Gasteiger charge is -2.35. The van der Waals surface area contributed by atoms with Gasteiger partial charge in [0.1, 0.15) is 5.75 Å². The monoisotopic (exact) mass is 443 g/mol. The zero-order chi connectivity index (χ0) is 23.3. The van der Waals surface area contributed by atoms with E-state index in [1.54, 1.807) is 28.0 Å². The highest BCUT2D eigenvalue weighted by Gasteiger charge is 2.28. The van der Waals surface area contributed by atoms with Crippen molar-refractivity contribution >= 4 is 17.7 Å². The second-order valence-electron chi connectivity index (χ2n) is 7.07. The third-order valence-electron chi connectivity index (χ3n) is 5.05. The van der Waals surface area contributed by atoms with E-state index in [0.717, 1.165) is 0 Å². The first-order valence-corrected chi connectivity index (χ1v) is 9.89. The Morgan fingerprint density at radius 2 is 1.47 bits per heavy atom. The number of benzene rings is 2. The van der Waals surface area contributed by atoms with Gasteiger partial charge in [-0.1, -0.05) is 12.1 Å². The van der Waals surface area contributed by atoms with Crippen molar-refractivity contribution in [3.63, 3.8) is 0 Å². The number of phenols is 1. The number of para-hydroxylation sites is 1. The molecule has 0 radical (unpaired) electrons. The number of hydrogen-bond acceptors (Lipinski definition) is 7. The van der Waals surface area contributed by atoms with Gasteiger partial charge >= 0.3 is 0 Å². The van der Waals surface area contributed by atoms with E-state index in [9.17, 15) is 19.5 Å². The van der Waals surface area contributed by atoms with Crippen LogP contribution in [0.25, 0.3) is 0 Å². The second-order valence-corrected chi connectivity index (χ2v) is 7.07. The summed E-state index contributed by atoms with van der Waals surface area (Å²) < 4.78 is 16.0. The molecule has 3 N–H and O–H groups in total. The number of amides is 3. The SMILES string of the molecule is COc1cc(C(=O)N2CCN(C(=O)c3ccccc3O)CC2)cc(OC)c1OCC(N)=O. The number of rotatable bonds is 7. The highest BCUT2D eigenvalue weighted by Crippen LogP contribution is 2.39. The van der Waals surface area contributed by atoms with Crippen LogP contribution in [0.1, 0.15) is 20.7 Å². The van der Waals surface area contributed by atoms with Crippen molar-refractivity contribution in [2.24, 2.45) is 5.73 Å². The summed E-state index contributed by atoms with van der Waals surface area (Å²) >= 11 is 0. The Morgan fingerprint density at radius 3 is 1.97 bits per heavy atom. The van der Waals surface area contributed by atoms with Crippen LogP contribution in [0.3, 0.4) is 0 Å². The summed E-state index contributed by atoms with van der Waals surface area (Å²) in [5, 5.41) is 9.92. The maximum Gasteiger partial charge on any atom is 0.257 e.